The van der Waals surface area contributed by atoms with Crippen molar-refractivity contribution in [3.63, 3.8) is 0 Å². The largest absolute Gasteiger partial charge is 0.353 e. The fourth-order valence-electron chi connectivity index (χ4n) is 2.51. The van der Waals surface area contributed by atoms with Gasteiger partial charge in [0, 0.05) is 45.8 Å². The molecule has 1 aliphatic heterocycles. The molecule has 2 rings (SSSR count). The van der Waals surface area contributed by atoms with E-state index in [1.165, 1.54) is 5.56 Å². The normalized spacial score (nSPS) is 16.1. The maximum Gasteiger partial charge on any atom is 0.236 e. The maximum absolute atomic E-state index is 11.4. The molecule has 0 spiro atoms. The summed E-state index contributed by atoms with van der Waals surface area (Å²) in [6.45, 7) is 8.58. The lowest BCUT2D eigenvalue weighted by Crippen LogP contribution is -2.49. The van der Waals surface area contributed by atoms with Gasteiger partial charge in [-0.15, -0.1) is 37.2 Å². The third-order valence-corrected chi connectivity index (χ3v) is 3.85. The van der Waals surface area contributed by atoms with Crippen LogP contribution in [0, 0.1) is 0 Å². The number of hydrogen-bond acceptors (Lipinski definition) is 4. The Balaban J connectivity index is 0. The molecule has 140 valence electrons. The van der Waals surface area contributed by atoms with Gasteiger partial charge in [0.25, 0.3) is 0 Å². The van der Waals surface area contributed by atoms with E-state index in [4.69, 9.17) is 5.73 Å². The molecule has 0 radical (unpaired) electrons. The van der Waals surface area contributed by atoms with E-state index in [0.717, 1.165) is 39.3 Å². The molecular weight excluding hydrogens is 371 g/mol. The summed E-state index contributed by atoms with van der Waals surface area (Å²) in [7, 11) is 0. The van der Waals surface area contributed by atoms with E-state index in [1.54, 1.807) is 6.92 Å². The zero-order valence-corrected chi connectivity index (χ0v) is 16.5. The minimum atomic E-state index is -0.423. The van der Waals surface area contributed by atoms with E-state index >= 15 is 0 Å². The van der Waals surface area contributed by atoms with Crippen LogP contribution in [-0.2, 0) is 11.3 Å². The van der Waals surface area contributed by atoms with Gasteiger partial charge in [0.2, 0.25) is 5.91 Å². The number of piperazine rings is 1. The smallest absolute Gasteiger partial charge is 0.236 e. The number of benzene rings is 1. The first kappa shape index (κ1) is 25.7. The molecule has 1 aromatic carbocycles. The molecule has 0 bridgehead atoms. The molecule has 8 heteroatoms. The second-order valence-electron chi connectivity index (χ2n) is 5.68. The topological polar surface area (TPSA) is 61.6 Å². The molecule has 1 atom stereocenters. The first-order valence-corrected chi connectivity index (χ1v) is 7.67. The first-order valence-electron chi connectivity index (χ1n) is 7.67. The number of carbonyl (C=O) groups excluding carboxylic acids is 1. The van der Waals surface area contributed by atoms with Gasteiger partial charge in [-0.2, -0.15) is 0 Å². The lowest BCUT2D eigenvalue weighted by atomic mass is 10.2. The highest BCUT2D eigenvalue weighted by Crippen LogP contribution is 2.07. The standard InChI is InChI=1S/C16H26N4O.3ClH/c1-14(17)16(21)18-7-8-19-9-11-20(12-10-19)13-15-5-3-2-4-6-15;;;/h2-6,14H,7-13,17H2,1H3,(H,18,21);3*1H/t14-;;;/m1.../s1. The Morgan fingerprint density at radius 1 is 1.08 bits per heavy atom. The average molecular weight is 400 g/mol. The van der Waals surface area contributed by atoms with Gasteiger partial charge in [0.15, 0.2) is 0 Å². The zero-order valence-electron chi connectivity index (χ0n) is 14.0. The summed E-state index contributed by atoms with van der Waals surface area (Å²) < 4.78 is 0. The highest BCUT2D eigenvalue weighted by molar-refractivity contribution is 5.86. The van der Waals surface area contributed by atoms with Crippen molar-refractivity contribution in [1.82, 2.24) is 15.1 Å². The van der Waals surface area contributed by atoms with E-state index < -0.39 is 6.04 Å². The summed E-state index contributed by atoms with van der Waals surface area (Å²) in [6, 6.07) is 10.2. The lowest BCUT2D eigenvalue weighted by Gasteiger charge is -2.34. The number of hydrogen-bond donors (Lipinski definition) is 2. The molecule has 0 aliphatic carbocycles. The molecule has 1 fully saturated rings. The number of nitrogens with zero attached hydrogens (tertiary/aromatic N) is 2. The van der Waals surface area contributed by atoms with Crippen LogP contribution in [0.5, 0.6) is 0 Å². The van der Waals surface area contributed by atoms with Crippen LogP contribution in [0.25, 0.3) is 0 Å². The SMILES string of the molecule is C[C@@H](N)C(=O)NCCN1CCN(Cc2ccccc2)CC1.Cl.Cl.Cl. The van der Waals surface area contributed by atoms with Crippen molar-refractivity contribution in [1.29, 1.82) is 0 Å². The Morgan fingerprint density at radius 3 is 2.17 bits per heavy atom. The summed E-state index contributed by atoms with van der Waals surface area (Å²) in [4.78, 5) is 16.2. The first-order chi connectivity index (χ1) is 10.1. The number of halogens is 3. The van der Waals surface area contributed by atoms with Gasteiger partial charge in [0.05, 0.1) is 6.04 Å². The number of nitrogens with one attached hydrogen (secondary N) is 1. The number of nitrogens with two attached hydrogens (primary N) is 1. The summed E-state index contributed by atoms with van der Waals surface area (Å²) >= 11 is 0. The van der Waals surface area contributed by atoms with Gasteiger partial charge >= 0.3 is 0 Å². The monoisotopic (exact) mass is 398 g/mol. The molecule has 1 aromatic rings. The van der Waals surface area contributed by atoms with E-state index in [2.05, 4.69) is 45.4 Å². The molecular formula is C16H29Cl3N4O. The summed E-state index contributed by atoms with van der Waals surface area (Å²) in [5, 5.41) is 2.86. The Kier molecular flexibility index (Phi) is 14.7. The van der Waals surface area contributed by atoms with E-state index in [1.807, 2.05) is 0 Å². The number of amides is 1. The van der Waals surface area contributed by atoms with Crippen molar-refractivity contribution in [3.05, 3.63) is 35.9 Å². The van der Waals surface area contributed by atoms with Crippen LogP contribution in [0.2, 0.25) is 0 Å². The molecule has 5 nitrogen and oxygen atoms in total. The number of carbonyl (C=O) groups is 1. The minimum absolute atomic E-state index is 0. The highest BCUT2D eigenvalue weighted by atomic mass is 35.5. The van der Waals surface area contributed by atoms with E-state index in [-0.39, 0.29) is 43.1 Å². The third kappa shape index (κ3) is 9.06. The van der Waals surface area contributed by atoms with Crippen molar-refractivity contribution < 1.29 is 4.79 Å². The molecule has 0 aromatic heterocycles. The predicted molar refractivity (Wildman–Crippen MR) is 107 cm³/mol. The van der Waals surface area contributed by atoms with Crippen LogP contribution in [0.3, 0.4) is 0 Å². The van der Waals surface area contributed by atoms with Gasteiger partial charge in [0.1, 0.15) is 0 Å². The molecule has 0 saturated carbocycles. The van der Waals surface area contributed by atoms with Crippen LogP contribution in [0.4, 0.5) is 0 Å². The van der Waals surface area contributed by atoms with E-state index in [0.29, 0.717) is 6.54 Å². The Hall–Kier alpha value is -0.560. The molecule has 1 amide bonds. The van der Waals surface area contributed by atoms with Crippen LogP contribution in [0.15, 0.2) is 30.3 Å². The predicted octanol–water partition coefficient (Wildman–Crippen LogP) is 1.53. The Bertz CT molecular complexity index is 440. The quantitative estimate of drug-likeness (QED) is 0.761. The van der Waals surface area contributed by atoms with Gasteiger partial charge in [-0.05, 0) is 12.5 Å². The minimum Gasteiger partial charge on any atom is -0.353 e. The van der Waals surface area contributed by atoms with Crippen LogP contribution in [0.1, 0.15) is 12.5 Å². The van der Waals surface area contributed by atoms with Crippen molar-refractivity contribution in [2.75, 3.05) is 39.3 Å². The summed E-state index contributed by atoms with van der Waals surface area (Å²) in [6.07, 6.45) is 0. The second-order valence-corrected chi connectivity index (χ2v) is 5.68. The van der Waals surface area contributed by atoms with Gasteiger partial charge in [-0.3, -0.25) is 14.6 Å². The lowest BCUT2D eigenvalue weighted by molar-refractivity contribution is -0.122. The summed E-state index contributed by atoms with van der Waals surface area (Å²) in [5.74, 6) is -0.0716. The molecule has 3 N–H and O–H groups in total. The van der Waals surface area contributed by atoms with Gasteiger partial charge < -0.3 is 11.1 Å². The molecule has 1 heterocycles. The fourth-order valence-corrected chi connectivity index (χ4v) is 2.51. The van der Waals surface area contributed by atoms with Gasteiger partial charge in [-0.1, -0.05) is 30.3 Å². The average Bonchev–Trinajstić information content (AvgIpc) is 2.50. The zero-order chi connectivity index (χ0) is 15.1. The van der Waals surface area contributed by atoms with Crippen LogP contribution in [-0.4, -0.2) is 61.0 Å². The maximum atomic E-state index is 11.4. The van der Waals surface area contributed by atoms with Gasteiger partial charge in [-0.25, -0.2) is 0 Å². The Labute approximate surface area is 163 Å². The molecule has 1 aliphatic rings. The van der Waals surface area contributed by atoms with Crippen molar-refractivity contribution >= 4 is 43.1 Å². The highest BCUT2D eigenvalue weighted by Gasteiger charge is 2.16. The Morgan fingerprint density at radius 2 is 1.62 bits per heavy atom. The van der Waals surface area contributed by atoms with E-state index in [9.17, 15) is 4.79 Å². The van der Waals surface area contributed by atoms with Crippen molar-refractivity contribution in [3.8, 4) is 0 Å². The van der Waals surface area contributed by atoms with Crippen molar-refractivity contribution in [2.45, 2.75) is 19.5 Å². The van der Waals surface area contributed by atoms with Crippen LogP contribution < -0.4 is 11.1 Å². The number of rotatable bonds is 6. The van der Waals surface area contributed by atoms with Crippen molar-refractivity contribution in [2.24, 2.45) is 5.73 Å². The van der Waals surface area contributed by atoms with Crippen LogP contribution >= 0.6 is 37.2 Å². The molecule has 24 heavy (non-hydrogen) atoms. The summed E-state index contributed by atoms with van der Waals surface area (Å²) in [5.41, 5.74) is 6.88. The third-order valence-electron chi connectivity index (χ3n) is 3.85. The second kappa shape index (κ2) is 13.7. The molecule has 1 saturated heterocycles. The molecule has 0 unspecified atom stereocenters. The fraction of sp³-hybridized carbons (Fsp3) is 0.562.